The van der Waals surface area contributed by atoms with E-state index >= 15 is 0 Å². The van der Waals surface area contributed by atoms with Crippen LogP contribution < -0.4 is 0 Å². The zero-order chi connectivity index (χ0) is 11.0. The zero-order valence-corrected chi connectivity index (χ0v) is 10.0. The lowest BCUT2D eigenvalue weighted by atomic mass is 9.90. The smallest absolute Gasteiger partial charge is 0.306 e. The van der Waals surface area contributed by atoms with E-state index in [1.54, 1.807) is 0 Å². The van der Waals surface area contributed by atoms with Crippen molar-refractivity contribution in [2.75, 3.05) is 6.61 Å². The van der Waals surface area contributed by atoms with Crippen LogP contribution in [0, 0.1) is 11.8 Å². The van der Waals surface area contributed by atoms with Crippen molar-refractivity contribution in [3.63, 3.8) is 0 Å². The fourth-order valence-corrected chi connectivity index (χ4v) is 1.83. The summed E-state index contributed by atoms with van der Waals surface area (Å²) in [4.78, 5) is 11.3. The van der Waals surface area contributed by atoms with Crippen LogP contribution >= 0.6 is 0 Å². The molecule has 0 aromatic rings. The first-order chi connectivity index (χ1) is 6.60. The summed E-state index contributed by atoms with van der Waals surface area (Å²) in [5.41, 5.74) is 0. The van der Waals surface area contributed by atoms with Crippen molar-refractivity contribution in [3.8, 4) is 0 Å². The fourth-order valence-electron chi connectivity index (χ4n) is 1.83. The van der Waals surface area contributed by atoms with Crippen LogP contribution in [0.4, 0.5) is 0 Å². The average molecular weight is 200 g/mol. The molecule has 14 heavy (non-hydrogen) atoms. The van der Waals surface area contributed by atoms with Crippen molar-refractivity contribution < 1.29 is 9.53 Å². The molecule has 1 atom stereocenters. The minimum atomic E-state index is -0.0356. The van der Waals surface area contributed by atoms with Gasteiger partial charge in [-0.25, -0.2) is 0 Å². The molecule has 0 rings (SSSR count). The average Bonchev–Trinajstić information content (AvgIpc) is 2.03. The third kappa shape index (κ3) is 6.93. The van der Waals surface area contributed by atoms with E-state index in [0.29, 0.717) is 24.9 Å². The molecule has 0 aliphatic heterocycles. The number of hydrogen-bond acceptors (Lipinski definition) is 2. The summed E-state index contributed by atoms with van der Waals surface area (Å²) < 4.78 is 4.96. The summed E-state index contributed by atoms with van der Waals surface area (Å²) in [6.45, 7) is 8.93. The summed E-state index contributed by atoms with van der Waals surface area (Å²) in [6, 6.07) is 0. The van der Waals surface area contributed by atoms with E-state index in [4.69, 9.17) is 4.74 Å². The van der Waals surface area contributed by atoms with E-state index in [9.17, 15) is 4.79 Å². The van der Waals surface area contributed by atoms with Gasteiger partial charge in [0.25, 0.3) is 0 Å². The lowest BCUT2D eigenvalue weighted by molar-refractivity contribution is -0.144. The van der Waals surface area contributed by atoms with Gasteiger partial charge in [-0.3, -0.25) is 4.79 Å². The maximum atomic E-state index is 11.3. The molecule has 0 saturated carbocycles. The molecule has 84 valence electrons. The molecule has 0 amide bonds. The molecule has 0 fully saturated rings. The highest BCUT2D eigenvalue weighted by molar-refractivity contribution is 5.69. The SMILES string of the molecule is CCCC(CC(=O)OCC)CC(C)C. The monoisotopic (exact) mass is 200 g/mol. The van der Waals surface area contributed by atoms with Crippen LogP contribution in [-0.2, 0) is 9.53 Å². The van der Waals surface area contributed by atoms with Gasteiger partial charge in [-0.15, -0.1) is 0 Å². The summed E-state index contributed by atoms with van der Waals surface area (Å²) in [6.07, 6.45) is 4.01. The first-order valence-corrected chi connectivity index (χ1v) is 5.75. The van der Waals surface area contributed by atoms with Gasteiger partial charge in [-0.2, -0.15) is 0 Å². The molecule has 0 N–H and O–H groups in total. The second-order valence-corrected chi connectivity index (χ2v) is 4.29. The van der Waals surface area contributed by atoms with Crippen LogP contribution in [0.15, 0.2) is 0 Å². The first kappa shape index (κ1) is 13.5. The van der Waals surface area contributed by atoms with Gasteiger partial charge in [0.2, 0.25) is 0 Å². The maximum Gasteiger partial charge on any atom is 0.306 e. The van der Waals surface area contributed by atoms with Gasteiger partial charge in [-0.1, -0.05) is 33.6 Å². The summed E-state index contributed by atoms with van der Waals surface area (Å²) in [5.74, 6) is 1.15. The van der Waals surface area contributed by atoms with E-state index in [1.165, 1.54) is 0 Å². The zero-order valence-electron chi connectivity index (χ0n) is 10.0. The molecule has 0 heterocycles. The van der Waals surface area contributed by atoms with Gasteiger partial charge >= 0.3 is 5.97 Å². The molecule has 2 nitrogen and oxygen atoms in total. The number of rotatable bonds is 7. The Balaban J connectivity index is 3.88. The fraction of sp³-hybridized carbons (Fsp3) is 0.917. The minimum absolute atomic E-state index is 0.0356. The minimum Gasteiger partial charge on any atom is -0.466 e. The molecule has 0 spiro atoms. The molecular formula is C12H24O2. The third-order valence-corrected chi connectivity index (χ3v) is 2.26. The number of ether oxygens (including phenoxy) is 1. The predicted octanol–water partition coefficient (Wildman–Crippen LogP) is 3.40. The molecule has 0 aromatic carbocycles. The van der Waals surface area contributed by atoms with Crippen LogP contribution in [0.1, 0.15) is 53.4 Å². The van der Waals surface area contributed by atoms with Crippen LogP contribution in [0.25, 0.3) is 0 Å². The molecule has 2 heteroatoms. The first-order valence-electron chi connectivity index (χ1n) is 5.75. The Hall–Kier alpha value is -0.530. The Kier molecular flexibility index (Phi) is 7.54. The van der Waals surface area contributed by atoms with Gasteiger partial charge in [-0.05, 0) is 25.2 Å². The van der Waals surface area contributed by atoms with E-state index in [1.807, 2.05) is 6.92 Å². The van der Waals surface area contributed by atoms with Crippen molar-refractivity contribution in [3.05, 3.63) is 0 Å². The van der Waals surface area contributed by atoms with E-state index < -0.39 is 0 Å². The van der Waals surface area contributed by atoms with Gasteiger partial charge in [0.1, 0.15) is 0 Å². The lowest BCUT2D eigenvalue weighted by Gasteiger charge is -2.17. The Morgan fingerprint density at radius 1 is 1.29 bits per heavy atom. The highest BCUT2D eigenvalue weighted by Gasteiger charge is 2.15. The number of carbonyl (C=O) groups excluding carboxylic acids is 1. The molecule has 0 saturated heterocycles. The predicted molar refractivity (Wildman–Crippen MR) is 59.1 cm³/mol. The van der Waals surface area contributed by atoms with Crippen LogP contribution in [0.5, 0.6) is 0 Å². The highest BCUT2D eigenvalue weighted by atomic mass is 16.5. The molecular weight excluding hydrogens is 176 g/mol. The Morgan fingerprint density at radius 2 is 1.93 bits per heavy atom. The van der Waals surface area contributed by atoms with Crippen LogP contribution in [-0.4, -0.2) is 12.6 Å². The number of carbonyl (C=O) groups is 1. The Morgan fingerprint density at radius 3 is 2.36 bits per heavy atom. The van der Waals surface area contributed by atoms with Crippen molar-refractivity contribution in [2.45, 2.75) is 53.4 Å². The third-order valence-electron chi connectivity index (χ3n) is 2.26. The Bertz CT molecular complexity index is 152. The molecule has 0 bridgehead atoms. The molecule has 0 aliphatic rings. The van der Waals surface area contributed by atoms with Crippen LogP contribution in [0.2, 0.25) is 0 Å². The normalized spacial score (nSPS) is 12.9. The van der Waals surface area contributed by atoms with Gasteiger partial charge < -0.3 is 4.74 Å². The molecule has 1 unspecified atom stereocenters. The lowest BCUT2D eigenvalue weighted by Crippen LogP contribution is -2.13. The van der Waals surface area contributed by atoms with Gasteiger partial charge in [0, 0.05) is 6.42 Å². The summed E-state index contributed by atoms with van der Waals surface area (Å²) >= 11 is 0. The van der Waals surface area contributed by atoms with Crippen molar-refractivity contribution >= 4 is 5.97 Å². The summed E-state index contributed by atoms with van der Waals surface area (Å²) in [5, 5.41) is 0. The van der Waals surface area contributed by atoms with E-state index in [0.717, 1.165) is 19.3 Å². The van der Waals surface area contributed by atoms with E-state index in [2.05, 4.69) is 20.8 Å². The standard InChI is InChI=1S/C12H24O2/c1-5-7-11(8-10(3)4)9-12(13)14-6-2/h10-11H,5-9H2,1-4H3. The molecule has 0 aliphatic carbocycles. The number of hydrogen-bond donors (Lipinski definition) is 0. The van der Waals surface area contributed by atoms with Crippen LogP contribution in [0.3, 0.4) is 0 Å². The summed E-state index contributed by atoms with van der Waals surface area (Å²) in [7, 11) is 0. The highest BCUT2D eigenvalue weighted by Crippen LogP contribution is 2.20. The van der Waals surface area contributed by atoms with Crippen molar-refractivity contribution in [1.82, 2.24) is 0 Å². The maximum absolute atomic E-state index is 11.3. The molecule has 0 radical (unpaired) electrons. The Labute approximate surface area is 88.0 Å². The van der Waals surface area contributed by atoms with E-state index in [-0.39, 0.29) is 5.97 Å². The molecule has 0 aromatic heterocycles. The second kappa shape index (κ2) is 7.84. The van der Waals surface area contributed by atoms with Crippen molar-refractivity contribution in [2.24, 2.45) is 11.8 Å². The number of esters is 1. The van der Waals surface area contributed by atoms with Gasteiger partial charge in [0.15, 0.2) is 0 Å². The largest absolute Gasteiger partial charge is 0.466 e. The van der Waals surface area contributed by atoms with Gasteiger partial charge in [0.05, 0.1) is 6.61 Å². The quantitative estimate of drug-likeness (QED) is 0.589. The second-order valence-electron chi connectivity index (χ2n) is 4.29. The van der Waals surface area contributed by atoms with Crippen molar-refractivity contribution in [1.29, 1.82) is 0 Å². The topological polar surface area (TPSA) is 26.3 Å².